The third kappa shape index (κ3) is 2.91. The molecule has 1 heterocycles. The minimum Gasteiger partial charge on any atom is -0.464 e. The highest BCUT2D eigenvalue weighted by molar-refractivity contribution is 5.99. The number of halogens is 1. The molecular weight excluding hydrogens is 271 g/mol. The molecule has 0 bridgehead atoms. The molecular formula is C16H17FN2O2. The van der Waals surface area contributed by atoms with Gasteiger partial charge in [-0.3, -0.25) is 4.79 Å². The van der Waals surface area contributed by atoms with Gasteiger partial charge in [0.25, 0.3) is 5.91 Å². The van der Waals surface area contributed by atoms with Crippen LogP contribution in [0.3, 0.4) is 0 Å². The number of hydrogen-bond donors (Lipinski definition) is 1. The maximum atomic E-state index is 13.1. The van der Waals surface area contributed by atoms with E-state index >= 15 is 0 Å². The second kappa shape index (κ2) is 5.24. The standard InChI is InChI=1S/C16H17FN2O2/c1-10-2-6-13(21-10)9-19(12-4-5-12)16(20)14-7-3-11(17)8-15(14)18/h2-3,6-8,12H,4-5,9,18H2,1H3. The first-order chi connectivity index (χ1) is 10.0. The van der Waals surface area contributed by atoms with Crippen molar-refractivity contribution < 1.29 is 13.6 Å². The highest BCUT2D eigenvalue weighted by Gasteiger charge is 2.34. The minimum atomic E-state index is -0.441. The predicted molar refractivity (Wildman–Crippen MR) is 77.2 cm³/mol. The fourth-order valence-electron chi connectivity index (χ4n) is 2.37. The molecule has 0 radical (unpaired) electrons. The maximum Gasteiger partial charge on any atom is 0.256 e. The fraction of sp³-hybridized carbons (Fsp3) is 0.312. The summed E-state index contributed by atoms with van der Waals surface area (Å²) < 4.78 is 18.7. The van der Waals surface area contributed by atoms with Crippen LogP contribution in [0.15, 0.2) is 34.7 Å². The number of nitrogens with zero attached hydrogens (tertiary/aromatic N) is 1. The molecule has 1 saturated carbocycles. The highest BCUT2D eigenvalue weighted by Crippen LogP contribution is 2.31. The number of anilines is 1. The van der Waals surface area contributed by atoms with Crippen LogP contribution in [0.4, 0.5) is 10.1 Å². The van der Waals surface area contributed by atoms with E-state index in [0.29, 0.717) is 12.1 Å². The van der Waals surface area contributed by atoms with Crippen LogP contribution in [0.5, 0.6) is 0 Å². The Morgan fingerprint density at radius 3 is 2.71 bits per heavy atom. The Morgan fingerprint density at radius 2 is 2.14 bits per heavy atom. The average Bonchev–Trinajstić information content (AvgIpc) is 3.19. The van der Waals surface area contributed by atoms with E-state index in [2.05, 4.69) is 0 Å². The van der Waals surface area contributed by atoms with Gasteiger partial charge in [-0.15, -0.1) is 0 Å². The van der Waals surface area contributed by atoms with Crippen molar-refractivity contribution in [1.82, 2.24) is 4.90 Å². The number of nitrogen functional groups attached to an aromatic ring is 1. The molecule has 0 unspecified atom stereocenters. The molecule has 2 aromatic rings. The van der Waals surface area contributed by atoms with Crippen molar-refractivity contribution in [3.63, 3.8) is 0 Å². The molecule has 1 aromatic heterocycles. The molecule has 0 saturated heterocycles. The molecule has 3 rings (SSSR count). The lowest BCUT2D eigenvalue weighted by Gasteiger charge is -2.22. The number of benzene rings is 1. The zero-order valence-electron chi connectivity index (χ0n) is 11.8. The Balaban J connectivity index is 1.85. The largest absolute Gasteiger partial charge is 0.464 e. The van der Waals surface area contributed by atoms with E-state index in [-0.39, 0.29) is 17.6 Å². The number of aryl methyl sites for hydroxylation is 1. The van der Waals surface area contributed by atoms with Crippen LogP contribution in [-0.2, 0) is 6.54 Å². The van der Waals surface area contributed by atoms with E-state index < -0.39 is 5.82 Å². The third-order valence-corrected chi connectivity index (χ3v) is 3.61. The molecule has 0 atom stereocenters. The van der Waals surface area contributed by atoms with Gasteiger partial charge in [0.2, 0.25) is 0 Å². The number of rotatable bonds is 4. The minimum absolute atomic E-state index is 0.168. The van der Waals surface area contributed by atoms with Crippen molar-refractivity contribution in [2.45, 2.75) is 32.4 Å². The first-order valence-corrected chi connectivity index (χ1v) is 6.96. The molecule has 110 valence electrons. The Morgan fingerprint density at radius 1 is 1.38 bits per heavy atom. The Hall–Kier alpha value is -2.30. The van der Waals surface area contributed by atoms with Gasteiger partial charge in [0.05, 0.1) is 12.1 Å². The molecule has 2 N–H and O–H groups in total. The molecule has 1 aromatic carbocycles. The van der Waals surface area contributed by atoms with Gasteiger partial charge < -0.3 is 15.1 Å². The monoisotopic (exact) mass is 288 g/mol. The SMILES string of the molecule is Cc1ccc(CN(C(=O)c2ccc(F)cc2N)C2CC2)o1. The Labute approximate surface area is 122 Å². The van der Waals surface area contributed by atoms with Crippen molar-refractivity contribution >= 4 is 11.6 Å². The topological polar surface area (TPSA) is 59.5 Å². The van der Waals surface area contributed by atoms with E-state index in [0.717, 1.165) is 24.4 Å². The predicted octanol–water partition coefficient (Wildman–Crippen LogP) is 3.11. The molecule has 1 aliphatic rings. The summed E-state index contributed by atoms with van der Waals surface area (Å²) in [6.45, 7) is 2.28. The van der Waals surface area contributed by atoms with E-state index in [1.807, 2.05) is 19.1 Å². The van der Waals surface area contributed by atoms with Crippen LogP contribution in [0, 0.1) is 12.7 Å². The first kappa shape index (κ1) is 13.7. The van der Waals surface area contributed by atoms with Gasteiger partial charge in [0, 0.05) is 11.7 Å². The molecule has 0 aliphatic heterocycles. The quantitative estimate of drug-likeness (QED) is 0.879. The number of nitrogens with two attached hydrogens (primary N) is 1. The van der Waals surface area contributed by atoms with Crippen LogP contribution in [0.2, 0.25) is 0 Å². The molecule has 1 aliphatic carbocycles. The number of hydrogen-bond acceptors (Lipinski definition) is 3. The lowest BCUT2D eigenvalue weighted by atomic mass is 10.1. The summed E-state index contributed by atoms with van der Waals surface area (Å²) in [4.78, 5) is 14.4. The number of carbonyl (C=O) groups excluding carboxylic acids is 1. The van der Waals surface area contributed by atoms with Crippen molar-refractivity contribution in [2.75, 3.05) is 5.73 Å². The zero-order valence-corrected chi connectivity index (χ0v) is 11.8. The summed E-state index contributed by atoms with van der Waals surface area (Å²) >= 11 is 0. The molecule has 21 heavy (non-hydrogen) atoms. The summed E-state index contributed by atoms with van der Waals surface area (Å²) in [6.07, 6.45) is 1.96. The van der Waals surface area contributed by atoms with Gasteiger partial charge in [0.1, 0.15) is 17.3 Å². The number of furan rings is 1. The third-order valence-electron chi connectivity index (χ3n) is 3.61. The number of amides is 1. The smallest absolute Gasteiger partial charge is 0.256 e. The molecule has 1 amide bonds. The summed E-state index contributed by atoms with van der Waals surface area (Å²) in [5, 5.41) is 0. The van der Waals surface area contributed by atoms with Crippen LogP contribution >= 0.6 is 0 Å². The summed E-state index contributed by atoms with van der Waals surface area (Å²) in [7, 11) is 0. The first-order valence-electron chi connectivity index (χ1n) is 6.96. The lowest BCUT2D eigenvalue weighted by molar-refractivity contribution is 0.0718. The second-order valence-electron chi connectivity index (χ2n) is 5.41. The van der Waals surface area contributed by atoms with Gasteiger partial charge >= 0.3 is 0 Å². The lowest BCUT2D eigenvalue weighted by Crippen LogP contribution is -2.33. The van der Waals surface area contributed by atoms with Gasteiger partial charge in [-0.25, -0.2) is 4.39 Å². The second-order valence-corrected chi connectivity index (χ2v) is 5.41. The fourth-order valence-corrected chi connectivity index (χ4v) is 2.37. The highest BCUT2D eigenvalue weighted by atomic mass is 19.1. The number of carbonyl (C=O) groups is 1. The zero-order chi connectivity index (χ0) is 15.0. The van der Waals surface area contributed by atoms with Crippen molar-refractivity contribution in [3.05, 3.63) is 53.2 Å². The van der Waals surface area contributed by atoms with Crippen LogP contribution in [0.25, 0.3) is 0 Å². The van der Waals surface area contributed by atoms with Crippen LogP contribution < -0.4 is 5.73 Å². The summed E-state index contributed by atoms with van der Waals surface area (Å²) in [5.74, 6) is 0.940. The Kier molecular flexibility index (Phi) is 3.41. The van der Waals surface area contributed by atoms with Crippen molar-refractivity contribution in [3.8, 4) is 0 Å². The van der Waals surface area contributed by atoms with Crippen molar-refractivity contribution in [1.29, 1.82) is 0 Å². The molecule has 1 fully saturated rings. The van der Waals surface area contributed by atoms with E-state index in [4.69, 9.17) is 10.2 Å². The van der Waals surface area contributed by atoms with Gasteiger partial charge in [0.15, 0.2) is 0 Å². The molecule has 0 spiro atoms. The van der Waals surface area contributed by atoms with Gasteiger partial charge in [-0.2, -0.15) is 0 Å². The Bertz CT molecular complexity index is 677. The van der Waals surface area contributed by atoms with Crippen molar-refractivity contribution in [2.24, 2.45) is 0 Å². The van der Waals surface area contributed by atoms with Crippen LogP contribution in [-0.4, -0.2) is 16.8 Å². The average molecular weight is 288 g/mol. The van der Waals surface area contributed by atoms with E-state index in [9.17, 15) is 9.18 Å². The molecule has 5 heteroatoms. The normalized spacial score (nSPS) is 14.2. The maximum absolute atomic E-state index is 13.1. The van der Waals surface area contributed by atoms with Crippen LogP contribution in [0.1, 0.15) is 34.7 Å². The summed E-state index contributed by atoms with van der Waals surface area (Å²) in [6, 6.07) is 7.83. The van der Waals surface area contributed by atoms with Gasteiger partial charge in [-0.1, -0.05) is 0 Å². The van der Waals surface area contributed by atoms with Gasteiger partial charge in [-0.05, 0) is 50.1 Å². The van der Waals surface area contributed by atoms with E-state index in [1.165, 1.54) is 18.2 Å². The molecule has 4 nitrogen and oxygen atoms in total. The summed E-state index contributed by atoms with van der Waals surface area (Å²) in [5.41, 5.74) is 6.27. The van der Waals surface area contributed by atoms with E-state index in [1.54, 1.807) is 4.90 Å².